The molecule has 92 valence electrons. The molecular weight excluding hydrogens is 228 g/mol. The Bertz CT molecular complexity index is 641. The largest absolute Gasteiger partial charge is 0.494 e. The highest BCUT2D eigenvalue weighted by Gasteiger charge is 2.22. The van der Waals surface area contributed by atoms with Crippen molar-refractivity contribution in [2.24, 2.45) is 0 Å². The summed E-state index contributed by atoms with van der Waals surface area (Å²) in [6.07, 6.45) is 5.45. The van der Waals surface area contributed by atoms with Gasteiger partial charge in [0.05, 0.1) is 5.69 Å². The minimum absolute atomic E-state index is 0.0593. The van der Waals surface area contributed by atoms with Gasteiger partial charge in [-0.1, -0.05) is 18.2 Å². The zero-order valence-electron chi connectivity index (χ0n) is 9.80. The second-order valence-corrected chi connectivity index (χ2v) is 4.41. The van der Waals surface area contributed by atoms with E-state index >= 15 is 0 Å². The predicted octanol–water partition coefficient (Wildman–Crippen LogP) is 2.43. The third kappa shape index (κ3) is 1.46. The van der Waals surface area contributed by atoms with Gasteiger partial charge in [0.15, 0.2) is 0 Å². The highest BCUT2D eigenvalue weighted by Crippen LogP contribution is 2.40. The first-order valence-corrected chi connectivity index (χ1v) is 5.86. The predicted molar refractivity (Wildman–Crippen MR) is 70.9 cm³/mol. The van der Waals surface area contributed by atoms with Crippen LogP contribution in [0.1, 0.15) is 17.5 Å². The highest BCUT2D eigenvalue weighted by atomic mass is 16.3. The van der Waals surface area contributed by atoms with Gasteiger partial charge in [-0.3, -0.25) is 4.57 Å². The molecule has 0 radical (unpaired) electrons. The van der Waals surface area contributed by atoms with Gasteiger partial charge in [0.1, 0.15) is 0 Å². The number of fused-ring (bicyclic) bond motifs is 1. The highest BCUT2D eigenvalue weighted by molar-refractivity contribution is 5.68. The lowest BCUT2D eigenvalue weighted by atomic mass is 10.0. The average Bonchev–Trinajstić information content (AvgIpc) is 2.63. The number of hydrogen-bond donors (Lipinski definition) is 3. The van der Waals surface area contributed by atoms with Gasteiger partial charge in [-0.2, -0.15) is 0 Å². The maximum atomic E-state index is 10.2. The lowest BCUT2D eigenvalue weighted by Crippen LogP contribution is -1.95. The number of nitrogens with zero attached hydrogens (tertiary/aromatic N) is 1. The number of benzene rings is 1. The molecule has 0 spiro atoms. The molecule has 1 aromatic heterocycles. The second-order valence-electron chi connectivity index (χ2n) is 4.41. The Hall–Kier alpha value is -2.36. The third-order valence-electron chi connectivity index (χ3n) is 3.23. The standard InChI is InChI=1S/C14H14N2O2/c15-9-4-3-5-10(8-9)16-13(17)11-6-1-2-7-12(11)14(16)18/h1,3-6,8,17-18H,2,7,15H2. The first-order valence-electron chi connectivity index (χ1n) is 5.86. The molecule has 3 rings (SSSR count). The minimum atomic E-state index is 0.0593. The van der Waals surface area contributed by atoms with E-state index in [1.807, 2.05) is 12.2 Å². The number of anilines is 1. The van der Waals surface area contributed by atoms with Gasteiger partial charge in [-0.05, 0) is 31.0 Å². The van der Waals surface area contributed by atoms with Crippen LogP contribution in [0.5, 0.6) is 11.8 Å². The summed E-state index contributed by atoms with van der Waals surface area (Å²) >= 11 is 0. The van der Waals surface area contributed by atoms with Crippen LogP contribution in [-0.4, -0.2) is 14.8 Å². The topological polar surface area (TPSA) is 71.4 Å². The molecule has 0 fully saturated rings. The molecule has 0 saturated heterocycles. The van der Waals surface area contributed by atoms with Crippen LogP contribution < -0.4 is 5.73 Å². The molecular formula is C14H14N2O2. The molecule has 1 aliphatic carbocycles. The van der Waals surface area contributed by atoms with Crippen molar-refractivity contribution in [2.45, 2.75) is 12.8 Å². The van der Waals surface area contributed by atoms with Crippen molar-refractivity contribution < 1.29 is 10.2 Å². The van der Waals surface area contributed by atoms with E-state index in [4.69, 9.17) is 5.73 Å². The van der Waals surface area contributed by atoms with E-state index in [9.17, 15) is 10.2 Å². The van der Waals surface area contributed by atoms with Crippen LogP contribution in [0.15, 0.2) is 30.3 Å². The van der Waals surface area contributed by atoms with Crippen LogP contribution in [0.4, 0.5) is 5.69 Å². The van der Waals surface area contributed by atoms with Crippen molar-refractivity contribution in [3.05, 3.63) is 41.5 Å². The number of aromatic nitrogens is 1. The summed E-state index contributed by atoms with van der Waals surface area (Å²) < 4.78 is 1.43. The van der Waals surface area contributed by atoms with E-state index in [0.29, 0.717) is 16.9 Å². The molecule has 0 saturated carbocycles. The van der Waals surface area contributed by atoms with Crippen LogP contribution in [-0.2, 0) is 6.42 Å². The minimum Gasteiger partial charge on any atom is -0.494 e. The smallest absolute Gasteiger partial charge is 0.206 e. The normalized spacial score (nSPS) is 13.6. The molecule has 4 N–H and O–H groups in total. The van der Waals surface area contributed by atoms with E-state index in [1.165, 1.54) is 4.57 Å². The SMILES string of the molecule is Nc1cccc(-n2c(O)c3c(c2O)CCC=C3)c1. The van der Waals surface area contributed by atoms with Gasteiger partial charge >= 0.3 is 0 Å². The fourth-order valence-electron chi connectivity index (χ4n) is 2.37. The zero-order chi connectivity index (χ0) is 12.7. The Balaban J connectivity index is 2.25. The summed E-state index contributed by atoms with van der Waals surface area (Å²) in [6, 6.07) is 7.07. The van der Waals surface area contributed by atoms with Crippen molar-refractivity contribution in [3.8, 4) is 17.4 Å². The Labute approximate surface area is 105 Å². The molecule has 1 heterocycles. The molecule has 0 bridgehead atoms. The number of nitrogen functional groups attached to an aromatic ring is 1. The van der Waals surface area contributed by atoms with Gasteiger partial charge < -0.3 is 15.9 Å². The van der Waals surface area contributed by atoms with Crippen molar-refractivity contribution in [3.63, 3.8) is 0 Å². The molecule has 18 heavy (non-hydrogen) atoms. The molecule has 4 nitrogen and oxygen atoms in total. The molecule has 0 aliphatic heterocycles. The summed E-state index contributed by atoms with van der Waals surface area (Å²) in [7, 11) is 0. The molecule has 1 aromatic carbocycles. The van der Waals surface area contributed by atoms with Crippen LogP contribution in [0.2, 0.25) is 0 Å². The monoisotopic (exact) mass is 242 g/mol. The van der Waals surface area contributed by atoms with Crippen molar-refractivity contribution in [1.29, 1.82) is 0 Å². The van der Waals surface area contributed by atoms with Crippen LogP contribution >= 0.6 is 0 Å². The number of nitrogens with two attached hydrogens (primary N) is 1. The zero-order valence-corrected chi connectivity index (χ0v) is 9.80. The fraction of sp³-hybridized carbons (Fsp3) is 0.143. The van der Waals surface area contributed by atoms with Gasteiger partial charge in [-0.25, -0.2) is 0 Å². The van der Waals surface area contributed by atoms with Crippen LogP contribution in [0, 0.1) is 0 Å². The Kier molecular flexibility index (Phi) is 2.30. The maximum Gasteiger partial charge on any atom is 0.206 e. The number of aromatic hydroxyl groups is 2. The molecule has 0 unspecified atom stereocenters. The van der Waals surface area contributed by atoms with Gasteiger partial charge in [0, 0.05) is 16.8 Å². The summed E-state index contributed by atoms with van der Waals surface area (Å²) in [5, 5.41) is 20.4. The Morgan fingerprint density at radius 3 is 2.72 bits per heavy atom. The van der Waals surface area contributed by atoms with E-state index in [0.717, 1.165) is 18.4 Å². The lowest BCUT2D eigenvalue weighted by molar-refractivity contribution is 0.400. The number of allylic oxidation sites excluding steroid dienone is 1. The summed E-state index contributed by atoms with van der Waals surface area (Å²) in [5.74, 6) is 0.154. The van der Waals surface area contributed by atoms with E-state index < -0.39 is 0 Å². The van der Waals surface area contributed by atoms with E-state index in [1.54, 1.807) is 24.3 Å². The first kappa shape index (κ1) is 10.8. The average molecular weight is 242 g/mol. The molecule has 1 aliphatic rings. The van der Waals surface area contributed by atoms with Crippen molar-refractivity contribution in [2.75, 3.05) is 5.73 Å². The quantitative estimate of drug-likeness (QED) is 0.672. The Morgan fingerprint density at radius 2 is 2.00 bits per heavy atom. The summed E-state index contributed by atoms with van der Waals surface area (Å²) in [5.41, 5.74) is 8.46. The van der Waals surface area contributed by atoms with Crippen LogP contribution in [0.3, 0.4) is 0 Å². The Morgan fingerprint density at radius 1 is 1.17 bits per heavy atom. The summed E-state index contributed by atoms with van der Waals surface area (Å²) in [6.45, 7) is 0. The molecule has 2 aromatic rings. The van der Waals surface area contributed by atoms with Crippen LogP contribution in [0.25, 0.3) is 11.8 Å². The molecule has 0 atom stereocenters. The number of hydrogen-bond acceptors (Lipinski definition) is 3. The van der Waals surface area contributed by atoms with E-state index in [2.05, 4.69) is 0 Å². The molecule has 4 heteroatoms. The summed E-state index contributed by atoms with van der Waals surface area (Å²) in [4.78, 5) is 0. The molecule has 0 amide bonds. The van der Waals surface area contributed by atoms with Gasteiger partial charge in [-0.15, -0.1) is 0 Å². The van der Waals surface area contributed by atoms with Crippen molar-refractivity contribution >= 4 is 11.8 Å². The van der Waals surface area contributed by atoms with Gasteiger partial charge in [0.25, 0.3) is 0 Å². The van der Waals surface area contributed by atoms with Crippen molar-refractivity contribution in [1.82, 2.24) is 4.57 Å². The first-order chi connectivity index (χ1) is 8.68. The third-order valence-corrected chi connectivity index (χ3v) is 3.23. The number of rotatable bonds is 1. The maximum absolute atomic E-state index is 10.2. The fourth-order valence-corrected chi connectivity index (χ4v) is 2.37. The second kappa shape index (κ2) is 3.84. The van der Waals surface area contributed by atoms with Gasteiger partial charge in [0.2, 0.25) is 11.8 Å². The van der Waals surface area contributed by atoms with E-state index in [-0.39, 0.29) is 11.8 Å². The lowest BCUT2D eigenvalue weighted by Gasteiger charge is -2.07.